The molecule has 0 spiro atoms. The lowest BCUT2D eigenvalue weighted by Crippen LogP contribution is -2.45. The second kappa shape index (κ2) is 15.1. The minimum Gasteiger partial charge on any atom is -0.479 e. The number of piperidine rings is 1. The lowest BCUT2D eigenvalue weighted by Gasteiger charge is -2.42. The summed E-state index contributed by atoms with van der Waals surface area (Å²) in [5.74, 6) is -1.19. The smallest absolute Gasteiger partial charge is 0.337 e. The molecule has 4 aliphatic rings. The normalized spacial score (nSPS) is 18.5. The number of anilines is 1. The Kier molecular flexibility index (Phi) is 11.3. The highest BCUT2D eigenvalue weighted by Gasteiger charge is 2.38. The molecule has 1 aromatic heterocycles. The number of halogens is 1. The molecule has 5 heterocycles. The number of aliphatic carboxylic acids is 1. The van der Waals surface area contributed by atoms with E-state index in [9.17, 15) is 14.3 Å². The van der Waals surface area contributed by atoms with E-state index >= 15 is 0 Å². The maximum absolute atomic E-state index is 14.0. The fourth-order valence-corrected chi connectivity index (χ4v) is 7.19. The highest BCUT2D eigenvalue weighted by atomic mass is 19.1. The predicted molar refractivity (Wildman–Crippen MR) is 190 cm³/mol. The summed E-state index contributed by atoms with van der Waals surface area (Å²) in [7, 11) is 0. The number of hydrogen-bond donors (Lipinski definition) is 1. The molecule has 0 saturated carbocycles. The molecular formula is C40H54FN3O4. The van der Waals surface area contributed by atoms with Crippen molar-refractivity contribution in [2.24, 2.45) is 0 Å². The summed E-state index contributed by atoms with van der Waals surface area (Å²) in [4.78, 5) is 22.6. The molecule has 1 atom stereocenters. The zero-order valence-electron chi connectivity index (χ0n) is 30.0. The van der Waals surface area contributed by atoms with Crippen molar-refractivity contribution in [2.75, 3.05) is 31.1 Å². The summed E-state index contributed by atoms with van der Waals surface area (Å²) in [5, 5.41) is 10.5. The van der Waals surface area contributed by atoms with Crippen LogP contribution in [0.3, 0.4) is 0 Å². The summed E-state index contributed by atoms with van der Waals surface area (Å²) in [6.45, 7) is 18.3. The molecule has 1 saturated heterocycles. The van der Waals surface area contributed by atoms with E-state index in [-0.39, 0.29) is 11.4 Å². The van der Waals surface area contributed by atoms with Crippen molar-refractivity contribution >= 4 is 11.7 Å². The second-order valence-corrected chi connectivity index (χ2v) is 15.1. The van der Waals surface area contributed by atoms with Gasteiger partial charge >= 0.3 is 5.97 Å². The molecule has 0 unspecified atom stereocenters. The molecule has 260 valence electrons. The van der Waals surface area contributed by atoms with Gasteiger partial charge in [0, 0.05) is 55.3 Å². The highest BCUT2D eigenvalue weighted by molar-refractivity contribution is 5.88. The first-order chi connectivity index (χ1) is 22.7. The van der Waals surface area contributed by atoms with Gasteiger partial charge < -0.3 is 19.5 Å². The maximum atomic E-state index is 14.0. The van der Waals surface area contributed by atoms with Gasteiger partial charge in [-0.15, -0.1) is 0 Å². The van der Waals surface area contributed by atoms with Crippen molar-refractivity contribution in [1.29, 1.82) is 0 Å². The Morgan fingerprint density at radius 2 is 1.69 bits per heavy atom. The average molecular weight is 660 g/mol. The monoisotopic (exact) mass is 659 g/mol. The Bertz CT molecular complexity index is 1570. The van der Waals surface area contributed by atoms with Gasteiger partial charge in [0.05, 0.1) is 16.9 Å². The fraction of sp³-hybridized carbons (Fsp3) is 0.550. The van der Waals surface area contributed by atoms with Gasteiger partial charge in [0.25, 0.3) is 0 Å². The summed E-state index contributed by atoms with van der Waals surface area (Å²) in [6, 6.07) is 14.1. The van der Waals surface area contributed by atoms with Crippen molar-refractivity contribution in [3.63, 3.8) is 0 Å². The Hall–Kier alpha value is -3.33. The zero-order chi connectivity index (χ0) is 34.6. The number of nitrogens with zero attached hydrogens (tertiary/aromatic N) is 3. The minimum atomic E-state index is -1.17. The molecule has 1 fully saturated rings. The Morgan fingerprint density at radius 1 is 1.00 bits per heavy atom. The van der Waals surface area contributed by atoms with E-state index in [1.54, 1.807) is 6.07 Å². The van der Waals surface area contributed by atoms with Gasteiger partial charge in [0.15, 0.2) is 6.10 Å². The van der Waals surface area contributed by atoms with Crippen molar-refractivity contribution < 1.29 is 23.8 Å². The molecule has 3 aromatic rings. The van der Waals surface area contributed by atoms with Crippen LogP contribution in [0.15, 0.2) is 42.5 Å². The SMILES string of the molecule is Cc1cc(CN2CCCCCCOC3(C)CCN(CC3)c3c(c(C)nc(C)c3[C@H](OC(C)(C)C)C(=O)O)-c3ccc(cc3)C2)ccc1F. The van der Waals surface area contributed by atoms with Gasteiger partial charge in [-0.1, -0.05) is 49.2 Å². The van der Waals surface area contributed by atoms with Gasteiger partial charge in [-0.3, -0.25) is 9.88 Å². The number of rotatable bonds is 5. The first-order valence-electron chi connectivity index (χ1n) is 17.6. The third-order valence-corrected chi connectivity index (χ3v) is 9.77. The van der Waals surface area contributed by atoms with Crippen molar-refractivity contribution in [2.45, 2.75) is 117 Å². The number of benzene rings is 2. The summed E-state index contributed by atoms with van der Waals surface area (Å²) in [5.41, 5.74) is 7.09. The van der Waals surface area contributed by atoms with Crippen molar-refractivity contribution in [3.05, 3.63) is 81.9 Å². The van der Waals surface area contributed by atoms with Gasteiger partial charge in [-0.25, -0.2) is 9.18 Å². The highest BCUT2D eigenvalue weighted by Crippen LogP contribution is 2.44. The van der Waals surface area contributed by atoms with Crippen LogP contribution in [0.25, 0.3) is 11.1 Å². The molecule has 0 radical (unpaired) electrons. The van der Waals surface area contributed by atoms with Crippen molar-refractivity contribution in [3.8, 4) is 11.1 Å². The topological polar surface area (TPSA) is 75.1 Å². The Labute approximate surface area is 286 Å². The molecule has 7 nitrogen and oxygen atoms in total. The van der Waals surface area contributed by atoms with E-state index in [1.807, 2.05) is 53.7 Å². The van der Waals surface area contributed by atoms with Gasteiger partial charge in [0.2, 0.25) is 0 Å². The molecule has 7 rings (SSSR count). The number of aryl methyl sites for hydroxylation is 3. The average Bonchev–Trinajstić information content (AvgIpc) is 3.01. The molecule has 0 aliphatic carbocycles. The quantitative estimate of drug-likeness (QED) is 0.294. The largest absolute Gasteiger partial charge is 0.479 e. The Balaban J connectivity index is 1.58. The van der Waals surface area contributed by atoms with Gasteiger partial charge in [-0.05, 0) is 109 Å². The van der Waals surface area contributed by atoms with Crippen LogP contribution in [0.2, 0.25) is 0 Å². The molecule has 48 heavy (non-hydrogen) atoms. The number of aromatic nitrogens is 1. The van der Waals surface area contributed by atoms with Crippen molar-refractivity contribution in [1.82, 2.24) is 9.88 Å². The van der Waals surface area contributed by atoms with E-state index < -0.39 is 17.7 Å². The van der Waals surface area contributed by atoms with Crippen LogP contribution in [0.5, 0.6) is 0 Å². The standard InChI is InChI=1S/C40H54FN3O4/c1-27-24-31(14-17-33(27)41)26-43-20-10-8-9-11-23-47-40(7)18-21-44(22-19-40)36-34(32-15-12-30(25-43)13-16-32)28(2)42-29(3)35(36)37(38(45)46)48-39(4,5)6/h12-17,24,37H,8-11,18-23,25-26H2,1-7H3,(H,45,46)/t37-/m0/s1. The summed E-state index contributed by atoms with van der Waals surface area (Å²) in [6.07, 6.45) is 4.90. The maximum Gasteiger partial charge on any atom is 0.337 e. The van der Waals surface area contributed by atoms with E-state index in [2.05, 4.69) is 41.0 Å². The number of carboxylic acid groups (broad SMARTS) is 1. The minimum absolute atomic E-state index is 0.172. The second-order valence-electron chi connectivity index (χ2n) is 15.1. The lowest BCUT2D eigenvalue weighted by atomic mass is 9.89. The predicted octanol–water partition coefficient (Wildman–Crippen LogP) is 8.71. The van der Waals surface area contributed by atoms with Gasteiger partial charge in [-0.2, -0.15) is 0 Å². The summed E-state index contributed by atoms with van der Waals surface area (Å²) >= 11 is 0. The van der Waals surface area contributed by atoms with E-state index in [0.717, 1.165) is 106 Å². The van der Waals surface area contributed by atoms with Crippen LogP contribution >= 0.6 is 0 Å². The van der Waals surface area contributed by atoms with Crippen LogP contribution in [-0.4, -0.2) is 58.4 Å². The molecule has 0 amide bonds. The van der Waals surface area contributed by atoms with Crippen LogP contribution < -0.4 is 4.90 Å². The molecule has 1 N–H and O–H groups in total. The lowest BCUT2D eigenvalue weighted by molar-refractivity contribution is -0.160. The first kappa shape index (κ1) is 36.0. The number of hydrogen-bond acceptors (Lipinski definition) is 6. The van der Waals surface area contributed by atoms with E-state index in [1.165, 1.54) is 5.56 Å². The molecule has 4 bridgehead atoms. The third-order valence-electron chi connectivity index (χ3n) is 9.77. The van der Waals surface area contributed by atoms with Crippen LogP contribution in [-0.2, 0) is 27.4 Å². The number of pyridine rings is 1. The number of fused-ring (bicyclic) bond motifs is 2. The third kappa shape index (κ3) is 8.82. The van der Waals surface area contributed by atoms with E-state index in [4.69, 9.17) is 14.5 Å². The number of ether oxygens (including phenoxy) is 2. The first-order valence-corrected chi connectivity index (χ1v) is 17.6. The Morgan fingerprint density at radius 3 is 2.33 bits per heavy atom. The van der Waals surface area contributed by atoms with Crippen LogP contribution in [0.4, 0.5) is 10.1 Å². The number of carboxylic acids is 1. The zero-order valence-corrected chi connectivity index (χ0v) is 30.0. The molecule has 8 heteroatoms. The van der Waals surface area contributed by atoms with Crippen LogP contribution in [0, 0.1) is 26.6 Å². The van der Waals surface area contributed by atoms with Crippen LogP contribution in [0.1, 0.15) is 106 Å². The fourth-order valence-electron chi connectivity index (χ4n) is 7.19. The van der Waals surface area contributed by atoms with E-state index in [0.29, 0.717) is 16.8 Å². The summed E-state index contributed by atoms with van der Waals surface area (Å²) < 4.78 is 26.8. The van der Waals surface area contributed by atoms with Gasteiger partial charge in [0.1, 0.15) is 5.82 Å². The molecule has 4 aliphatic heterocycles. The molecule has 2 aromatic carbocycles. The molecular weight excluding hydrogens is 605 g/mol. The number of carbonyl (C=O) groups is 1.